The lowest BCUT2D eigenvalue weighted by Crippen LogP contribution is -2.54. The molecule has 0 atom stereocenters. The van der Waals surface area contributed by atoms with Crippen molar-refractivity contribution in [2.45, 2.75) is 13.2 Å². The lowest BCUT2D eigenvalue weighted by Gasteiger charge is -2.26. The summed E-state index contributed by atoms with van der Waals surface area (Å²) in [5, 5.41) is 4.44. The third-order valence-electron chi connectivity index (χ3n) is 7.08. The number of nitrogens with zero attached hydrogens (tertiary/aromatic N) is 1. The van der Waals surface area contributed by atoms with E-state index in [-0.39, 0.29) is 30.3 Å². The zero-order chi connectivity index (χ0) is 30.6. The number of barbiturate groups is 1. The molecule has 1 fully saturated rings. The monoisotopic (exact) mass is 606 g/mol. The van der Waals surface area contributed by atoms with Crippen LogP contribution in [0.4, 0.5) is 14.9 Å². The molecule has 5 aromatic rings. The van der Waals surface area contributed by atoms with Gasteiger partial charge in [-0.05, 0) is 70.9 Å². The number of benzene rings is 5. The Morgan fingerprint density at radius 1 is 0.773 bits per heavy atom. The smallest absolute Gasteiger partial charge is 0.335 e. The molecule has 0 saturated carbocycles. The Morgan fingerprint density at radius 2 is 1.50 bits per heavy atom. The number of hydrogen-bond donors (Lipinski definition) is 1. The number of hydrogen-bond acceptors (Lipinski definition) is 5. The van der Waals surface area contributed by atoms with Gasteiger partial charge in [-0.2, -0.15) is 0 Å². The van der Waals surface area contributed by atoms with Crippen molar-refractivity contribution in [2.24, 2.45) is 0 Å². The Bertz CT molecular complexity index is 1920. The normalized spacial score (nSPS) is 14.2. The third-order valence-corrected chi connectivity index (χ3v) is 7.44. The van der Waals surface area contributed by atoms with Gasteiger partial charge in [-0.15, -0.1) is 0 Å². The fraction of sp³-hybridized carbons (Fsp3) is 0.0571. The minimum Gasteiger partial charge on any atom is -0.489 e. The summed E-state index contributed by atoms with van der Waals surface area (Å²) in [6.45, 7) is 0.366. The second-order valence-corrected chi connectivity index (χ2v) is 10.4. The number of imide groups is 2. The fourth-order valence-electron chi connectivity index (χ4n) is 4.80. The molecule has 44 heavy (non-hydrogen) atoms. The van der Waals surface area contributed by atoms with Gasteiger partial charge in [0.05, 0.1) is 5.69 Å². The third kappa shape index (κ3) is 6.02. The van der Waals surface area contributed by atoms with Gasteiger partial charge >= 0.3 is 6.03 Å². The molecule has 1 aliphatic rings. The molecular formula is C35H24ClFN2O5. The summed E-state index contributed by atoms with van der Waals surface area (Å²) in [5.41, 5.74) is 2.04. The molecule has 1 N–H and O–H groups in total. The standard InChI is InChI=1S/C35H24ClFN2O5/c36-31-8-4-2-6-24(31)21-43-27-16-14-26(15-17-27)39-34(41)30(33(40)38-35(39)42)19-29-28-7-3-1-5-23(28)11-18-32(29)44-20-22-9-12-25(37)13-10-22/h1-19H,20-21H2,(H,38,40,42). The van der Waals surface area contributed by atoms with Gasteiger partial charge in [-0.3, -0.25) is 14.9 Å². The molecular weight excluding hydrogens is 583 g/mol. The molecule has 1 heterocycles. The summed E-state index contributed by atoms with van der Waals surface area (Å²) in [6.07, 6.45) is 1.43. The number of amides is 4. The maximum absolute atomic E-state index is 13.7. The van der Waals surface area contributed by atoms with Gasteiger partial charge in [0.1, 0.15) is 36.1 Å². The number of urea groups is 1. The van der Waals surface area contributed by atoms with Crippen LogP contribution in [0.3, 0.4) is 0 Å². The summed E-state index contributed by atoms with van der Waals surface area (Å²) in [5.74, 6) is -1.06. The van der Waals surface area contributed by atoms with Crippen molar-refractivity contribution in [2.75, 3.05) is 4.90 Å². The summed E-state index contributed by atoms with van der Waals surface area (Å²) in [4.78, 5) is 40.5. The number of halogens is 2. The van der Waals surface area contributed by atoms with Crippen molar-refractivity contribution in [3.05, 3.63) is 142 Å². The quantitative estimate of drug-likeness (QED) is 0.146. The Hall–Kier alpha value is -5.47. The van der Waals surface area contributed by atoms with Gasteiger partial charge in [-0.1, -0.05) is 72.3 Å². The highest BCUT2D eigenvalue weighted by atomic mass is 35.5. The van der Waals surface area contributed by atoms with Crippen molar-refractivity contribution in [1.29, 1.82) is 0 Å². The highest BCUT2D eigenvalue weighted by Crippen LogP contribution is 2.33. The van der Waals surface area contributed by atoms with Crippen LogP contribution in [-0.4, -0.2) is 17.8 Å². The molecule has 218 valence electrons. The van der Waals surface area contributed by atoms with E-state index in [1.165, 1.54) is 18.2 Å². The maximum atomic E-state index is 13.7. The van der Waals surface area contributed by atoms with Gasteiger partial charge in [-0.25, -0.2) is 14.1 Å². The Labute approximate surface area is 257 Å². The van der Waals surface area contributed by atoms with E-state index in [9.17, 15) is 18.8 Å². The number of anilines is 1. The van der Waals surface area contributed by atoms with Crippen molar-refractivity contribution in [1.82, 2.24) is 5.32 Å². The number of rotatable bonds is 8. The Kier molecular flexibility index (Phi) is 8.08. The molecule has 9 heteroatoms. The molecule has 0 aromatic heterocycles. The number of nitrogens with one attached hydrogen (secondary N) is 1. The van der Waals surface area contributed by atoms with Crippen LogP contribution in [0.5, 0.6) is 11.5 Å². The summed E-state index contributed by atoms with van der Waals surface area (Å²) in [7, 11) is 0. The van der Waals surface area contributed by atoms with Gasteiger partial charge in [0.25, 0.3) is 11.8 Å². The van der Waals surface area contributed by atoms with Crippen LogP contribution in [0.25, 0.3) is 16.8 Å². The van der Waals surface area contributed by atoms with Crippen LogP contribution < -0.4 is 19.7 Å². The van der Waals surface area contributed by atoms with Crippen LogP contribution in [0.2, 0.25) is 5.02 Å². The first kappa shape index (κ1) is 28.6. The van der Waals surface area contributed by atoms with E-state index in [2.05, 4.69) is 5.32 Å². The van der Waals surface area contributed by atoms with Crippen LogP contribution >= 0.6 is 11.6 Å². The summed E-state index contributed by atoms with van der Waals surface area (Å²) >= 11 is 6.20. The van der Waals surface area contributed by atoms with Crippen molar-refractivity contribution in [3.63, 3.8) is 0 Å². The van der Waals surface area contributed by atoms with E-state index >= 15 is 0 Å². The largest absolute Gasteiger partial charge is 0.489 e. The number of fused-ring (bicyclic) bond motifs is 1. The summed E-state index contributed by atoms with van der Waals surface area (Å²) in [6, 6.07) is 29.8. The molecule has 0 spiro atoms. The highest BCUT2D eigenvalue weighted by Gasteiger charge is 2.37. The molecule has 0 bridgehead atoms. The Balaban J connectivity index is 1.29. The van der Waals surface area contributed by atoms with Crippen molar-refractivity contribution < 1.29 is 28.2 Å². The molecule has 0 unspecified atom stereocenters. The van der Waals surface area contributed by atoms with Gasteiger partial charge in [0.15, 0.2) is 0 Å². The average Bonchev–Trinajstić information content (AvgIpc) is 3.03. The number of carbonyl (C=O) groups is 3. The SMILES string of the molecule is O=C1NC(=O)N(c2ccc(OCc3ccccc3Cl)cc2)C(=O)C1=Cc1c(OCc2ccc(F)cc2)ccc2ccccc12. The van der Waals surface area contributed by atoms with Crippen molar-refractivity contribution >= 4 is 52.0 Å². The molecule has 4 amide bonds. The van der Waals surface area contributed by atoms with E-state index in [1.54, 1.807) is 48.5 Å². The predicted molar refractivity (Wildman–Crippen MR) is 166 cm³/mol. The fourth-order valence-corrected chi connectivity index (χ4v) is 4.99. The second-order valence-electron chi connectivity index (χ2n) is 9.95. The molecule has 1 aliphatic heterocycles. The zero-order valence-corrected chi connectivity index (χ0v) is 23.9. The Morgan fingerprint density at radius 3 is 2.27 bits per heavy atom. The van der Waals surface area contributed by atoms with Crippen molar-refractivity contribution in [3.8, 4) is 11.5 Å². The lowest BCUT2D eigenvalue weighted by molar-refractivity contribution is -0.122. The van der Waals surface area contributed by atoms with E-state index in [1.807, 2.05) is 48.5 Å². The van der Waals surface area contributed by atoms with Gasteiger partial charge in [0, 0.05) is 16.1 Å². The van der Waals surface area contributed by atoms with Crippen LogP contribution in [-0.2, 0) is 22.8 Å². The molecule has 7 nitrogen and oxygen atoms in total. The summed E-state index contributed by atoms with van der Waals surface area (Å²) < 4.78 is 25.3. The van der Waals surface area contributed by atoms with Crippen LogP contribution in [0.1, 0.15) is 16.7 Å². The van der Waals surface area contributed by atoms with Gasteiger partial charge < -0.3 is 9.47 Å². The van der Waals surface area contributed by atoms with E-state index in [0.717, 1.165) is 26.8 Å². The van der Waals surface area contributed by atoms with Crippen LogP contribution in [0, 0.1) is 5.82 Å². The van der Waals surface area contributed by atoms with E-state index < -0.39 is 17.8 Å². The molecule has 0 radical (unpaired) electrons. The lowest BCUT2D eigenvalue weighted by atomic mass is 9.99. The molecule has 6 rings (SSSR count). The molecule has 1 saturated heterocycles. The first-order valence-corrected chi connectivity index (χ1v) is 14.0. The minimum absolute atomic E-state index is 0.129. The zero-order valence-electron chi connectivity index (χ0n) is 23.1. The number of ether oxygens (including phenoxy) is 2. The molecule has 5 aromatic carbocycles. The minimum atomic E-state index is -0.868. The average molecular weight is 607 g/mol. The van der Waals surface area contributed by atoms with Crippen LogP contribution in [0.15, 0.2) is 115 Å². The van der Waals surface area contributed by atoms with E-state index in [4.69, 9.17) is 21.1 Å². The first-order valence-electron chi connectivity index (χ1n) is 13.6. The second kappa shape index (κ2) is 12.4. The van der Waals surface area contributed by atoms with E-state index in [0.29, 0.717) is 22.1 Å². The first-order chi connectivity index (χ1) is 21.4. The van der Waals surface area contributed by atoms with Gasteiger partial charge in [0.2, 0.25) is 0 Å². The topological polar surface area (TPSA) is 84.9 Å². The number of carbonyl (C=O) groups excluding carboxylic acids is 3. The maximum Gasteiger partial charge on any atom is 0.335 e. The highest BCUT2D eigenvalue weighted by molar-refractivity contribution is 6.39. The predicted octanol–water partition coefficient (Wildman–Crippen LogP) is 7.46. The molecule has 0 aliphatic carbocycles.